The van der Waals surface area contributed by atoms with Crippen LogP contribution in [0.5, 0.6) is 0 Å². The summed E-state index contributed by atoms with van der Waals surface area (Å²) in [4.78, 5) is 0. The fourth-order valence-electron chi connectivity index (χ4n) is 0.992. The van der Waals surface area contributed by atoms with Gasteiger partial charge in [0.05, 0.1) is 32.6 Å². The largest absolute Gasteiger partial charge is 0.382 e. The Kier molecular flexibility index (Phi) is 4.49. The predicted molar refractivity (Wildman–Crippen MR) is 49.7 cm³/mol. The summed E-state index contributed by atoms with van der Waals surface area (Å²) in [6, 6.07) is 0. The molecule has 0 aromatic carbocycles. The van der Waals surface area contributed by atoms with Crippen LogP contribution in [0.2, 0.25) is 0 Å². The van der Waals surface area contributed by atoms with Crippen LogP contribution in [-0.2, 0) is 16.0 Å². The summed E-state index contributed by atoms with van der Waals surface area (Å²) < 4.78 is 12.0. The van der Waals surface area contributed by atoms with Gasteiger partial charge in [-0.1, -0.05) is 0 Å². The zero-order valence-electron chi connectivity index (χ0n) is 8.19. The van der Waals surface area contributed by atoms with E-state index in [-0.39, 0.29) is 0 Å². The van der Waals surface area contributed by atoms with E-state index in [4.69, 9.17) is 9.47 Å². The molecule has 0 atom stereocenters. The van der Waals surface area contributed by atoms with E-state index in [0.717, 1.165) is 6.54 Å². The van der Waals surface area contributed by atoms with Crippen LogP contribution in [0.25, 0.3) is 0 Å². The van der Waals surface area contributed by atoms with Crippen molar-refractivity contribution < 1.29 is 9.47 Å². The van der Waals surface area contributed by atoms with Gasteiger partial charge in [-0.3, -0.25) is 4.68 Å². The molecule has 0 amide bonds. The molecule has 74 valence electrons. The Morgan fingerprint density at radius 1 is 1.38 bits per heavy atom. The van der Waals surface area contributed by atoms with E-state index in [1.807, 2.05) is 24.0 Å². The van der Waals surface area contributed by atoms with Crippen molar-refractivity contribution in [2.24, 2.45) is 0 Å². The van der Waals surface area contributed by atoms with Gasteiger partial charge in [-0.05, 0) is 12.5 Å². The average molecular weight is 184 g/mol. The second-order valence-electron chi connectivity index (χ2n) is 2.89. The van der Waals surface area contributed by atoms with Gasteiger partial charge < -0.3 is 9.47 Å². The summed E-state index contributed by atoms with van der Waals surface area (Å²) in [6.07, 6.45) is 3.84. The van der Waals surface area contributed by atoms with Crippen molar-refractivity contribution in [3.05, 3.63) is 18.0 Å². The molecular weight excluding hydrogens is 168 g/mol. The maximum absolute atomic E-state index is 5.30. The first-order chi connectivity index (χ1) is 6.33. The van der Waals surface area contributed by atoms with E-state index in [1.165, 1.54) is 5.56 Å². The molecule has 0 radical (unpaired) electrons. The molecule has 0 spiro atoms. The minimum atomic E-state index is 0.650. The number of ether oxygens (including phenoxy) is 2. The Bertz CT molecular complexity index is 235. The summed E-state index contributed by atoms with van der Waals surface area (Å²) in [6.45, 7) is 4.81. The highest BCUT2D eigenvalue weighted by atomic mass is 16.5. The van der Waals surface area contributed by atoms with E-state index in [0.29, 0.717) is 19.8 Å². The number of nitrogens with zero attached hydrogens (tertiary/aromatic N) is 2. The molecular formula is C9H16N2O2. The highest BCUT2D eigenvalue weighted by Crippen LogP contribution is 1.93. The molecule has 1 aromatic heterocycles. The quantitative estimate of drug-likeness (QED) is 0.615. The highest BCUT2D eigenvalue weighted by Gasteiger charge is 1.93. The van der Waals surface area contributed by atoms with Crippen molar-refractivity contribution in [3.63, 3.8) is 0 Å². The summed E-state index contributed by atoms with van der Waals surface area (Å²) in [5.41, 5.74) is 1.18. The molecule has 1 heterocycles. The highest BCUT2D eigenvalue weighted by molar-refractivity contribution is 4.99. The van der Waals surface area contributed by atoms with E-state index in [9.17, 15) is 0 Å². The van der Waals surface area contributed by atoms with Crippen LogP contribution >= 0.6 is 0 Å². The fourth-order valence-corrected chi connectivity index (χ4v) is 0.992. The maximum Gasteiger partial charge on any atom is 0.0701 e. The third-order valence-corrected chi connectivity index (χ3v) is 1.66. The maximum atomic E-state index is 5.30. The molecule has 13 heavy (non-hydrogen) atoms. The van der Waals surface area contributed by atoms with Crippen molar-refractivity contribution in [2.45, 2.75) is 13.5 Å². The standard InChI is InChI=1S/C9H16N2O2/c1-9-7-10-11(8-9)3-4-13-6-5-12-2/h7-8H,3-6H2,1-2H3. The van der Waals surface area contributed by atoms with Gasteiger partial charge in [0.15, 0.2) is 0 Å². The van der Waals surface area contributed by atoms with E-state index in [2.05, 4.69) is 5.10 Å². The van der Waals surface area contributed by atoms with Crippen LogP contribution < -0.4 is 0 Å². The molecule has 0 saturated heterocycles. The molecule has 0 bridgehead atoms. The van der Waals surface area contributed by atoms with Gasteiger partial charge in [-0.25, -0.2) is 0 Å². The number of aromatic nitrogens is 2. The summed E-state index contributed by atoms with van der Waals surface area (Å²) in [5.74, 6) is 0. The van der Waals surface area contributed by atoms with Crippen molar-refractivity contribution >= 4 is 0 Å². The molecule has 4 heteroatoms. The normalized spacial score (nSPS) is 10.6. The monoisotopic (exact) mass is 184 g/mol. The van der Waals surface area contributed by atoms with Crippen LogP contribution in [0.1, 0.15) is 5.56 Å². The molecule has 0 aliphatic rings. The number of hydrogen-bond acceptors (Lipinski definition) is 3. The first-order valence-corrected chi connectivity index (χ1v) is 4.38. The second-order valence-corrected chi connectivity index (χ2v) is 2.89. The van der Waals surface area contributed by atoms with E-state index < -0.39 is 0 Å². The van der Waals surface area contributed by atoms with Crippen LogP contribution in [0, 0.1) is 6.92 Å². The van der Waals surface area contributed by atoms with Crippen LogP contribution in [-0.4, -0.2) is 36.7 Å². The average Bonchev–Trinajstić information content (AvgIpc) is 2.51. The molecule has 0 fully saturated rings. The van der Waals surface area contributed by atoms with Crippen LogP contribution in [0.4, 0.5) is 0 Å². The minimum Gasteiger partial charge on any atom is -0.382 e. The van der Waals surface area contributed by atoms with Crippen LogP contribution in [0.15, 0.2) is 12.4 Å². The Morgan fingerprint density at radius 3 is 2.85 bits per heavy atom. The first-order valence-electron chi connectivity index (χ1n) is 4.38. The van der Waals surface area contributed by atoms with Gasteiger partial charge in [0, 0.05) is 13.3 Å². The zero-order valence-corrected chi connectivity index (χ0v) is 8.19. The van der Waals surface area contributed by atoms with E-state index in [1.54, 1.807) is 7.11 Å². The van der Waals surface area contributed by atoms with Crippen molar-refractivity contribution in [2.75, 3.05) is 26.9 Å². The van der Waals surface area contributed by atoms with Gasteiger partial charge in [-0.2, -0.15) is 5.10 Å². The first kappa shape index (κ1) is 10.2. The Morgan fingerprint density at radius 2 is 2.23 bits per heavy atom. The SMILES string of the molecule is COCCOCCn1cc(C)cn1. The molecule has 0 unspecified atom stereocenters. The molecule has 0 saturated carbocycles. The third kappa shape index (κ3) is 4.05. The van der Waals surface area contributed by atoms with Crippen molar-refractivity contribution in [1.82, 2.24) is 9.78 Å². The lowest BCUT2D eigenvalue weighted by Crippen LogP contribution is -2.09. The topological polar surface area (TPSA) is 36.3 Å². The molecule has 0 aliphatic carbocycles. The number of rotatable bonds is 6. The van der Waals surface area contributed by atoms with Crippen molar-refractivity contribution in [1.29, 1.82) is 0 Å². The predicted octanol–water partition coefficient (Wildman–Crippen LogP) is 0.855. The third-order valence-electron chi connectivity index (χ3n) is 1.66. The Labute approximate surface area is 78.5 Å². The lowest BCUT2D eigenvalue weighted by molar-refractivity contribution is 0.0654. The van der Waals surface area contributed by atoms with Gasteiger partial charge >= 0.3 is 0 Å². The zero-order chi connectivity index (χ0) is 9.52. The van der Waals surface area contributed by atoms with Gasteiger partial charge in [-0.15, -0.1) is 0 Å². The molecule has 1 rings (SSSR count). The molecule has 0 aliphatic heterocycles. The van der Waals surface area contributed by atoms with Gasteiger partial charge in [0.2, 0.25) is 0 Å². The van der Waals surface area contributed by atoms with E-state index >= 15 is 0 Å². The number of methoxy groups -OCH3 is 1. The van der Waals surface area contributed by atoms with Crippen LogP contribution in [0.3, 0.4) is 0 Å². The van der Waals surface area contributed by atoms with Gasteiger partial charge in [0.25, 0.3) is 0 Å². The summed E-state index contributed by atoms with van der Waals surface area (Å²) >= 11 is 0. The molecule has 0 N–H and O–H groups in total. The summed E-state index contributed by atoms with van der Waals surface area (Å²) in [5, 5.41) is 4.14. The smallest absolute Gasteiger partial charge is 0.0701 e. The Balaban J connectivity index is 2.06. The lowest BCUT2D eigenvalue weighted by atomic mass is 10.4. The second kappa shape index (κ2) is 5.72. The number of aryl methyl sites for hydroxylation is 1. The van der Waals surface area contributed by atoms with Crippen molar-refractivity contribution in [3.8, 4) is 0 Å². The minimum absolute atomic E-state index is 0.650. The molecule has 4 nitrogen and oxygen atoms in total. The fraction of sp³-hybridized carbons (Fsp3) is 0.667. The molecule has 1 aromatic rings. The number of hydrogen-bond donors (Lipinski definition) is 0. The van der Waals surface area contributed by atoms with Gasteiger partial charge in [0.1, 0.15) is 0 Å². The lowest BCUT2D eigenvalue weighted by Gasteiger charge is -2.03. The summed E-state index contributed by atoms with van der Waals surface area (Å²) in [7, 11) is 1.67. The Hall–Kier alpha value is -0.870.